The van der Waals surface area contributed by atoms with Crippen LogP contribution in [0.2, 0.25) is 0 Å². The molecule has 1 aromatic rings. The van der Waals surface area contributed by atoms with E-state index in [2.05, 4.69) is 17.0 Å². The summed E-state index contributed by atoms with van der Waals surface area (Å²) in [6.07, 6.45) is 4.22. The van der Waals surface area contributed by atoms with Crippen molar-refractivity contribution in [3.63, 3.8) is 0 Å². The first-order chi connectivity index (χ1) is 10.6. The molecular weight excluding hydrogens is 278 g/mol. The van der Waals surface area contributed by atoms with Gasteiger partial charge in [-0.25, -0.2) is 0 Å². The van der Waals surface area contributed by atoms with E-state index in [9.17, 15) is 9.59 Å². The molecule has 1 heterocycles. The smallest absolute Gasteiger partial charge is 0.316 e. The molecule has 1 fully saturated rings. The second kappa shape index (κ2) is 7.97. The first-order valence-corrected chi connectivity index (χ1v) is 8.12. The molecule has 1 aromatic carbocycles. The molecule has 0 N–H and O–H groups in total. The van der Waals surface area contributed by atoms with E-state index in [1.54, 1.807) is 6.92 Å². The highest BCUT2D eigenvalue weighted by atomic mass is 16.5. The molecule has 1 aliphatic rings. The van der Waals surface area contributed by atoms with Gasteiger partial charge < -0.3 is 9.64 Å². The fourth-order valence-electron chi connectivity index (χ4n) is 2.87. The lowest BCUT2D eigenvalue weighted by molar-refractivity contribution is -0.151. The number of carbonyl (C=O) groups is 2. The number of hydrogen-bond acceptors (Lipinski definition) is 4. The first kappa shape index (κ1) is 16.5. The van der Waals surface area contributed by atoms with Crippen LogP contribution in [0, 0.1) is 5.92 Å². The molecule has 1 aliphatic heterocycles. The quantitative estimate of drug-likeness (QED) is 0.599. The molecule has 0 bridgehead atoms. The number of ketones is 1. The number of rotatable bonds is 6. The molecule has 4 nitrogen and oxygen atoms in total. The summed E-state index contributed by atoms with van der Waals surface area (Å²) < 4.78 is 4.99. The van der Waals surface area contributed by atoms with Gasteiger partial charge in [-0.1, -0.05) is 12.1 Å². The van der Waals surface area contributed by atoms with E-state index in [-0.39, 0.29) is 5.78 Å². The zero-order chi connectivity index (χ0) is 15.9. The van der Waals surface area contributed by atoms with Crippen LogP contribution in [0.25, 0.3) is 0 Å². The van der Waals surface area contributed by atoms with Gasteiger partial charge in [-0.05, 0) is 57.2 Å². The Morgan fingerprint density at radius 2 is 1.77 bits per heavy atom. The standard InChI is InChI=1S/C18H25NO3/c1-3-22-18(21)17(14(2)20)13-15-7-9-16(10-8-15)19-11-5-4-6-12-19/h7-10,17H,3-6,11-13H2,1-2H3. The Hall–Kier alpha value is -1.84. The lowest BCUT2D eigenvalue weighted by Gasteiger charge is -2.29. The molecule has 2 rings (SSSR count). The third-order valence-electron chi connectivity index (χ3n) is 4.16. The Balaban J connectivity index is 2.02. The van der Waals surface area contributed by atoms with E-state index in [4.69, 9.17) is 4.74 Å². The maximum absolute atomic E-state index is 11.9. The fraction of sp³-hybridized carbons (Fsp3) is 0.556. The van der Waals surface area contributed by atoms with E-state index < -0.39 is 11.9 Å². The number of Topliss-reactive ketones (excluding diaryl/α,β-unsaturated/α-hetero) is 1. The molecule has 1 atom stereocenters. The normalized spacial score (nSPS) is 16.2. The van der Waals surface area contributed by atoms with Crippen molar-refractivity contribution in [1.82, 2.24) is 0 Å². The Kier molecular flexibility index (Phi) is 5.99. The third-order valence-corrected chi connectivity index (χ3v) is 4.16. The molecule has 0 aliphatic carbocycles. The van der Waals surface area contributed by atoms with Crippen molar-refractivity contribution < 1.29 is 14.3 Å². The van der Waals surface area contributed by atoms with Gasteiger partial charge in [0.05, 0.1) is 6.61 Å². The Morgan fingerprint density at radius 3 is 2.32 bits per heavy atom. The van der Waals surface area contributed by atoms with Gasteiger partial charge in [0.25, 0.3) is 0 Å². The van der Waals surface area contributed by atoms with Crippen LogP contribution in [0.4, 0.5) is 5.69 Å². The molecular formula is C18H25NO3. The average Bonchev–Trinajstić information content (AvgIpc) is 2.54. The number of ether oxygens (including phenoxy) is 1. The summed E-state index contributed by atoms with van der Waals surface area (Å²) in [6, 6.07) is 8.20. The number of hydrogen-bond donors (Lipinski definition) is 0. The van der Waals surface area contributed by atoms with Crippen LogP contribution in [0.1, 0.15) is 38.7 Å². The number of piperidine rings is 1. The van der Waals surface area contributed by atoms with Crippen LogP contribution in [0.5, 0.6) is 0 Å². The highest BCUT2D eigenvalue weighted by Gasteiger charge is 2.25. The van der Waals surface area contributed by atoms with Gasteiger partial charge in [-0.15, -0.1) is 0 Å². The van der Waals surface area contributed by atoms with Gasteiger partial charge in [-0.2, -0.15) is 0 Å². The summed E-state index contributed by atoms with van der Waals surface area (Å²) in [6.45, 7) is 5.72. The summed E-state index contributed by atoms with van der Waals surface area (Å²) in [5.41, 5.74) is 2.22. The van der Waals surface area contributed by atoms with Gasteiger partial charge in [0, 0.05) is 18.8 Å². The van der Waals surface area contributed by atoms with E-state index in [0.717, 1.165) is 18.7 Å². The minimum atomic E-state index is -0.694. The van der Waals surface area contributed by atoms with Gasteiger partial charge in [0.15, 0.2) is 0 Å². The third kappa shape index (κ3) is 4.33. The fourth-order valence-corrected chi connectivity index (χ4v) is 2.87. The zero-order valence-corrected chi connectivity index (χ0v) is 13.5. The molecule has 1 saturated heterocycles. The molecule has 22 heavy (non-hydrogen) atoms. The van der Waals surface area contributed by atoms with E-state index in [1.807, 2.05) is 12.1 Å². The van der Waals surface area contributed by atoms with Gasteiger partial charge in [-0.3, -0.25) is 9.59 Å². The van der Waals surface area contributed by atoms with E-state index in [0.29, 0.717) is 13.0 Å². The van der Waals surface area contributed by atoms with E-state index in [1.165, 1.54) is 31.9 Å². The summed E-state index contributed by atoms with van der Waals surface area (Å²) in [5.74, 6) is -1.26. The summed E-state index contributed by atoms with van der Waals surface area (Å²) >= 11 is 0. The van der Waals surface area contributed by atoms with Crippen LogP contribution in [0.3, 0.4) is 0 Å². The van der Waals surface area contributed by atoms with Crippen LogP contribution in [-0.2, 0) is 20.7 Å². The van der Waals surface area contributed by atoms with Gasteiger partial charge in [0.2, 0.25) is 0 Å². The highest BCUT2D eigenvalue weighted by Crippen LogP contribution is 2.21. The summed E-state index contributed by atoms with van der Waals surface area (Å²) in [7, 11) is 0. The van der Waals surface area contributed by atoms with Crippen molar-refractivity contribution in [2.45, 2.75) is 39.5 Å². The molecule has 0 spiro atoms. The van der Waals surface area contributed by atoms with Crippen molar-refractivity contribution in [1.29, 1.82) is 0 Å². The summed E-state index contributed by atoms with van der Waals surface area (Å²) in [5, 5.41) is 0. The van der Waals surface area contributed by atoms with Crippen LogP contribution in [-0.4, -0.2) is 31.4 Å². The van der Waals surface area contributed by atoms with Crippen molar-refractivity contribution in [3.05, 3.63) is 29.8 Å². The van der Waals surface area contributed by atoms with Crippen molar-refractivity contribution >= 4 is 17.4 Å². The molecule has 1 unspecified atom stereocenters. The minimum absolute atomic E-state index is 0.140. The van der Waals surface area contributed by atoms with Crippen molar-refractivity contribution in [2.24, 2.45) is 5.92 Å². The monoisotopic (exact) mass is 303 g/mol. The number of anilines is 1. The Labute approximate surface area is 132 Å². The highest BCUT2D eigenvalue weighted by molar-refractivity contribution is 5.98. The van der Waals surface area contributed by atoms with Gasteiger partial charge >= 0.3 is 5.97 Å². The SMILES string of the molecule is CCOC(=O)C(Cc1ccc(N2CCCCC2)cc1)C(C)=O. The Bertz CT molecular complexity index is 504. The first-order valence-electron chi connectivity index (χ1n) is 8.12. The number of nitrogens with zero attached hydrogens (tertiary/aromatic N) is 1. The number of esters is 1. The molecule has 0 saturated carbocycles. The topological polar surface area (TPSA) is 46.6 Å². The van der Waals surface area contributed by atoms with Crippen molar-refractivity contribution in [3.8, 4) is 0 Å². The van der Waals surface area contributed by atoms with Crippen LogP contribution in [0.15, 0.2) is 24.3 Å². The average molecular weight is 303 g/mol. The summed E-state index contributed by atoms with van der Waals surface area (Å²) in [4.78, 5) is 25.9. The Morgan fingerprint density at radius 1 is 1.14 bits per heavy atom. The van der Waals surface area contributed by atoms with Crippen LogP contribution >= 0.6 is 0 Å². The minimum Gasteiger partial charge on any atom is -0.465 e. The number of carbonyl (C=O) groups excluding carboxylic acids is 2. The molecule has 0 amide bonds. The predicted octanol–water partition coefficient (Wildman–Crippen LogP) is 2.99. The van der Waals surface area contributed by atoms with E-state index >= 15 is 0 Å². The number of benzene rings is 1. The maximum Gasteiger partial charge on any atom is 0.316 e. The lowest BCUT2D eigenvalue weighted by atomic mass is 9.95. The molecule has 120 valence electrons. The van der Waals surface area contributed by atoms with Crippen LogP contribution < -0.4 is 4.90 Å². The molecule has 4 heteroatoms. The maximum atomic E-state index is 11.9. The largest absolute Gasteiger partial charge is 0.465 e. The second-order valence-corrected chi connectivity index (χ2v) is 5.83. The second-order valence-electron chi connectivity index (χ2n) is 5.83. The lowest BCUT2D eigenvalue weighted by Crippen LogP contribution is -2.29. The molecule has 0 radical (unpaired) electrons. The zero-order valence-electron chi connectivity index (χ0n) is 13.5. The molecule has 0 aromatic heterocycles. The predicted molar refractivity (Wildman–Crippen MR) is 87.0 cm³/mol. The van der Waals surface area contributed by atoms with Gasteiger partial charge in [0.1, 0.15) is 11.7 Å². The van der Waals surface area contributed by atoms with Crippen molar-refractivity contribution in [2.75, 3.05) is 24.6 Å².